The number of hydrogen-bond donors (Lipinski definition) is 1. The molecule has 0 radical (unpaired) electrons. The fraction of sp³-hybridized carbons (Fsp3) is 0.833. The molecule has 2 aliphatic heterocycles. The molecule has 2 aliphatic rings. The Morgan fingerprint density at radius 2 is 1.94 bits per heavy atom. The van der Waals surface area contributed by atoms with E-state index in [1.165, 1.54) is 0 Å². The molecule has 2 heterocycles. The van der Waals surface area contributed by atoms with Gasteiger partial charge in [-0.15, -0.1) is 0 Å². The van der Waals surface area contributed by atoms with Crippen molar-refractivity contribution in [3.8, 4) is 0 Å². The van der Waals surface area contributed by atoms with E-state index in [9.17, 15) is 9.59 Å². The van der Waals surface area contributed by atoms with Crippen molar-refractivity contribution in [3.05, 3.63) is 0 Å². The number of rotatable bonds is 2. The third-order valence-corrected chi connectivity index (χ3v) is 3.79. The van der Waals surface area contributed by atoms with Crippen LogP contribution in [0.1, 0.15) is 13.8 Å². The topological polar surface area (TPSA) is 70.1 Å². The SMILES string of the molecule is CC1CN(C(=O)N2CC(C(C)C(=O)O)C2)CCO1. The molecular weight excluding hydrogens is 236 g/mol. The van der Waals surface area contributed by atoms with Gasteiger partial charge in [0.15, 0.2) is 0 Å². The van der Waals surface area contributed by atoms with E-state index < -0.39 is 5.97 Å². The van der Waals surface area contributed by atoms with Gasteiger partial charge in [0.2, 0.25) is 0 Å². The van der Waals surface area contributed by atoms with Gasteiger partial charge in [0.25, 0.3) is 0 Å². The van der Waals surface area contributed by atoms with E-state index in [0.717, 1.165) is 0 Å². The molecule has 0 saturated carbocycles. The van der Waals surface area contributed by atoms with Crippen LogP contribution in [-0.4, -0.2) is 65.8 Å². The van der Waals surface area contributed by atoms with Gasteiger partial charge in [-0.05, 0) is 6.92 Å². The van der Waals surface area contributed by atoms with Crippen LogP contribution in [0.25, 0.3) is 0 Å². The lowest BCUT2D eigenvalue weighted by Gasteiger charge is -2.44. The molecule has 102 valence electrons. The fourth-order valence-corrected chi connectivity index (χ4v) is 2.38. The van der Waals surface area contributed by atoms with Gasteiger partial charge in [0.05, 0.1) is 18.6 Å². The summed E-state index contributed by atoms with van der Waals surface area (Å²) in [6.07, 6.45) is 0.0812. The molecular formula is C12H20N2O4. The third kappa shape index (κ3) is 2.58. The lowest BCUT2D eigenvalue weighted by Crippen LogP contribution is -2.59. The minimum absolute atomic E-state index is 0.0130. The maximum absolute atomic E-state index is 12.1. The summed E-state index contributed by atoms with van der Waals surface area (Å²) in [5.74, 6) is -1.07. The zero-order chi connectivity index (χ0) is 13.3. The Morgan fingerprint density at radius 1 is 1.28 bits per heavy atom. The molecule has 2 saturated heterocycles. The van der Waals surface area contributed by atoms with Gasteiger partial charge in [0, 0.05) is 32.1 Å². The molecule has 0 aromatic rings. The third-order valence-electron chi connectivity index (χ3n) is 3.79. The van der Waals surface area contributed by atoms with Gasteiger partial charge in [-0.3, -0.25) is 4.79 Å². The van der Waals surface area contributed by atoms with E-state index in [0.29, 0.717) is 32.8 Å². The molecule has 0 aromatic heterocycles. The molecule has 18 heavy (non-hydrogen) atoms. The molecule has 2 fully saturated rings. The van der Waals surface area contributed by atoms with Crippen LogP contribution in [0, 0.1) is 11.8 Å². The van der Waals surface area contributed by atoms with E-state index in [4.69, 9.17) is 9.84 Å². The summed E-state index contributed by atoms with van der Waals surface area (Å²) >= 11 is 0. The zero-order valence-corrected chi connectivity index (χ0v) is 10.8. The lowest BCUT2D eigenvalue weighted by molar-refractivity contribution is -0.145. The Hall–Kier alpha value is -1.30. The van der Waals surface area contributed by atoms with Crippen LogP contribution < -0.4 is 0 Å². The summed E-state index contributed by atoms with van der Waals surface area (Å²) in [5.41, 5.74) is 0. The predicted octanol–water partition coefficient (Wildman–Crippen LogP) is 0.480. The maximum Gasteiger partial charge on any atom is 0.320 e. The first-order valence-corrected chi connectivity index (χ1v) is 6.37. The Morgan fingerprint density at radius 3 is 2.50 bits per heavy atom. The number of nitrogens with zero attached hydrogens (tertiary/aromatic N) is 2. The van der Waals surface area contributed by atoms with Crippen molar-refractivity contribution in [1.29, 1.82) is 0 Å². The van der Waals surface area contributed by atoms with Gasteiger partial charge in [-0.1, -0.05) is 6.92 Å². The zero-order valence-electron chi connectivity index (χ0n) is 10.8. The van der Waals surface area contributed by atoms with Crippen molar-refractivity contribution in [2.24, 2.45) is 11.8 Å². The summed E-state index contributed by atoms with van der Waals surface area (Å²) in [7, 11) is 0. The maximum atomic E-state index is 12.1. The summed E-state index contributed by atoms with van der Waals surface area (Å²) in [6, 6.07) is 0.0130. The highest BCUT2D eigenvalue weighted by atomic mass is 16.5. The second kappa shape index (κ2) is 5.14. The van der Waals surface area contributed by atoms with E-state index in [1.54, 1.807) is 16.7 Å². The molecule has 2 unspecified atom stereocenters. The predicted molar refractivity (Wildman–Crippen MR) is 64.2 cm³/mol. The van der Waals surface area contributed by atoms with Crippen LogP contribution in [0.5, 0.6) is 0 Å². The van der Waals surface area contributed by atoms with Crippen LogP contribution in [0.3, 0.4) is 0 Å². The minimum atomic E-state index is -0.785. The molecule has 1 N–H and O–H groups in total. The first-order valence-electron chi connectivity index (χ1n) is 6.37. The monoisotopic (exact) mass is 256 g/mol. The molecule has 2 atom stereocenters. The van der Waals surface area contributed by atoms with Gasteiger partial charge in [0.1, 0.15) is 0 Å². The van der Waals surface area contributed by atoms with Gasteiger partial charge in [-0.2, -0.15) is 0 Å². The van der Waals surface area contributed by atoms with Crippen molar-refractivity contribution < 1.29 is 19.4 Å². The normalized spacial score (nSPS) is 26.7. The van der Waals surface area contributed by atoms with Crippen molar-refractivity contribution in [2.75, 3.05) is 32.8 Å². The van der Waals surface area contributed by atoms with Crippen LogP contribution in [0.15, 0.2) is 0 Å². The second-order valence-electron chi connectivity index (χ2n) is 5.20. The number of carbonyl (C=O) groups excluding carboxylic acids is 1. The Kier molecular flexibility index (Phi) is 3.75. The van der Waals surface area contributed by atoms with Crippen molar-refractivity contribution in [1.82, 2.24) is 9.80 Å². The van der Waals surface area contributed by atoms with E-state index in [-0.39, 0.29) is 24.0 Å². The molecule has 6 nitrogen and oxygen atoms in total. The Balaban J connectivity index is 1.81. The first kappa shape index (κ1) is 13.1. The minimum Gasteiger partial charge on any atom is -0.481 e. The quantitative estimate of drug-likeness (QED) is 0.780. The number of carbonyl (C=O) groups is 2. The van der Waals surface area contributed by atoms with Gasteiger partial charge >= 0.3 is 12.0 Å². The summed E-state index contributed by atoms with van der Waals surface area (Å²) in [6.45, 7) is 6.58. The molecule has 0 spiro atoms. The summed E-state index contributed by atoms with van der Waals surface area (Å²) < 4.78 is 5.39. The highest BCUT2D eigenvalue weighted by molar-refractivity contribution is 5.76. The number of amides is 2. The van der Waals surface area contributed by atoms with Crippen LogP contribution >= 0.6 is 0 Å². The fourth-order valence-electron chi connectivity index (χ4n) is 2.38. The van der Waals surface area contributed by atoms with Crippen molar-refractivity contribution in [3.63, 3.8) is 0 Å². The number of aliphatic carboxylic acids is 1. The second-order valence-corrected chi connectivity index (χ2v) is 5.20. The number of hydrogen-bond acceptors (Lipinski definition) is 3. The molecule has 0 bridgehead atoms. The van der Waals surface area contributed by atoms with Crippen LogP contribution in [0.2, 0.25) is 0 Å². The Bertz CT molecular complexity index is 341. The van der Waals surface area contributed by atoms with Gasteiger partial charge < -0.3 is 19.6 Å². The van der Waals surface area contributed by atoms with Crippen LogP contribution in [0.4, 0.5) is 4.79 Å². The molecule has 2 amide bonds. The number of carboxylic acid groups (broad SMARTS) is 1. The van der Waals surface area contributed by atoms with Crippen LogP contribution in [-0.2, 0) is 9.53 Å². The first-order chi connectivity index (χ1) is 8.49. The van der Waals surface area contributed by atoms with E-state index >= 15 is 0 Å². The average molecular weight is 256 g/mol. The van der Waals surface area contributed by atoms with Gasteiger partial charge in [-0.25, -0.2) is 4.79 Å². The van der Waals surface area contributed by atoms with Crippen molar-refractivity contribution in [2.45, 2.75) is 20.0 Å². The highest BCUT2D eigenvalue weighted by Crippen LogP contribution is 2.25. The molecule has 0 aromatic carbocycles. The molecule has 0 aliphatic carbocycles. The van der Waals surface area contributed by atoms with E-state index in [1.807, 2.05) is 6.92 Å². The highest BCUT2D eigenvalue weighted by Gasteiger charge is 2.39. The summed E-state index contributed by atoms with van der Waals surface area (Å²) in [4.78, 5) is 26.4. The Labute approximate surface area is 106 Å². The standard InChI is InChI=1S/C12H20N2O4/c1-8-5-13(3-4-18-8)12(17)14-6-10(7-14)9(2)11(15)16/h8-10H,3-7H2,1-2H3,(H,15,16). The number of urea groups is 1. The average Bonchev–Trinajstić information content (AvgIpc) is 2.26. The number of likely N-dealkylation sites (tertiary alicyclic amines) is 1. The largest absolute Gasteiger partial charge is 0.481 e. The van der Waals surface area contributed by atoms with E-state index in [2.05, 4.69) is 0 Å². The van der Waals surface area contributed by atoms with Crippen molar-refractivity contribution >= 4 is 12.0 Å². The lowest BCUT2D eigenvalue weighted by atomic mass is 9.87. The molecule has 6 heteroatoms. The number of morpholine rings is 1. The smallest absolute Gasteiger partial charge is 0.320 e. The molecule has 2 rings (SSSR count). The number of ether oxygens (including phenoxy) is 1. The summed E-state index contributed by atoms with van der Waals surface area (Å²) in [5, 5.41) is 8.90. The number of carboxylic acids is 1.